The average molecular weight is 457 g/mol. The summed E-state index contributed by atoms with van der Waals surface area (Å²) in [6.07, 6.45) is -4.57. The first-order valence-electron chi connectivity index (χ1n) is 9.43. The lowest BCUT2D eigenvalue weighted by atomic mass is 10.1. The number of carbonyl (C=O) groups excluding carboxylic acids is 1. The van der Waals surface area contributed by atoms with Gasteiger partial charge in [0.15, 0.2) is 0 Å². The minimum Gasteiger partial charge on any atom is -0.325 e. The lowest BCUT2D eigenvalue weighted by Gasteiger charge is -2.13. The number of hydrogen-bond acceptors (Lipinski definition) is 4. The number of anilines is 1. The predicted octanol–water partition coefficient (Wildman–Crippen LogP) is 6.19. The summed E-state index contributed by atoms with van der Waals surface area (Å²) in [5, 5.41) is 12.7. The van der Waals surface area contributed by atoms with Gasteiger partial charge in [0.1, 0.15) is 16.5 Å². The van der Waals surface area contributed by atoms with Gasteiger partial charge in [-0.1, -0.05) is 48.2 Å². The number of thioether (sulfide) groups is 1. The number of nitrogens with one attached hydrogen (secondary N) is 1. The molecule has 0 aliphatic carbocycles. The van der Waals surface area contributed by atoms with Gasteiger partial charge in [0.2, 0.25) is 5.91 Å². The molecule has 4 nitrogen and oxygen atoms in total. The minimum absolute atomic E-state index is 0.152. The van der Waals surface area contributed by atoms with Crippen LogP contribution in [0.4, 0.5) is 23.2 Å². The van der Waals surface area contributed by atoms with E-state index in [1.54, 1.807) is 12.1 Å². The average Bonchev–Trinajstić information content (AvgIpc) is 2.78. The summed E-state index contributed by atoms with van der Waals surface area (Å²) < 4.78 is 52.6. The normalized spacial score (nSPS) is 11.5. The fraction of sp³-hybridized carbons (Fsp3) is 0.0870. The van der Waals surface area contributed by atoms with E-state index in [1.807, 2.05) is 24.3 Å². The number of nitrogens with zero attached hydrogens (tertiary/aromatic N) is 2. The van der Waals surface area contributed by atoms with Gasteiger partial charge in [-0.2, -0.15) is 13.2 Å². The Bertz CT molecular complexity index is 1280. The van der Waals surface area contributed by atoms with Crippen LogP contribution in [0, 0.1) is 5.82 Å². The Morgan fingerprint density at radius 3 is 2.25 bits per heavy atom. The summed E-state index contributed by atoms with van der Waals surface area (Å²) in [6.45, 7) is 0. The number of hydrogen-bond donors (Lipinski definition) is 1. The van der Waals surface area contributed by atoms with Gasteiger partial charge < -0.3 is 5.32 Å². The van der Waals surface area contributed by atoms with E-state index in [1.165, 1.54) is 30.3 Å². The monoisotopic (exact) mass is 457 g/mol. The number of fused-ring (bicyclic) bond motifs is 1. The fourth-order valence-corrected chi connectivity index (χ4v) is 3.94. The zero-order valence-electron chi connectivity index (χ0n) is 16.4. The van der Waals surface area contributed by atoms with E-state index in [4.69, 9.17) is 0 Å². The van der Waals surface area contributed by atoms with E-state index in [9.17, 15) is 22.4 Å². The van der Waals surface area contributed by atoms with Crippen LogP contribution in [0.3, 0.4) is 0 Å². The second-order valence-corrected chi connectivity index (χ2v) is 7.75. The molecule has 1 aromatic heterocycles. The number of amides is 1. The molecular weight excluding hydrogens is 442 g/mol. The van der Waals surface area contributed by atoms with Crippen LogP contribution in [0.25, 0.3) is 22.0 Å². The maximum Gasteiger partial charge on any atom is 0.418 e. The molecular formula is C23H15F4N3OS. The molecule has 4 aromatic rings. The molecule has 1 amide bonds. The summed E-state index contributed by atoms with van der Waals surface area (Å²) in [6, 6.07) is 18.0. The van der Waals surface area contributed by atoms with Gasteiger partial charge >= 0.3 is 6.18 Å². The largest absolute Gasteiger partial charge is 0.418 e. The van der Waals surface area contributed by atoms with Gasteiger partial charge in [-0.25, -0.2) is 4.39 Å². The second-order valence-electron chi connectivity index (χ2n) is 6.79. The summed E-state index contributed by atoms with van der Waals surface area (Å²) in [5.41, 5.74) is 0.0436. The molecule has 3 aromatic carbocycles. The number of rotatable bonds is 5. The molecule has 0 spiro atoms. The van der Waals surface area contributed by atoms with Crippen LogP contribution < -0.4 is 5.32 Å². The first-order valence-corrected chi connectivity index (χ1v) is 10.4. The van der Waals surface area contributed by atoms with Crippen LogP contribution in [-0.4, -0.2) is 21.9 Å². The highest BCUT2D eigenvalue weighted by atomic mass is 32.2. The van der Waals surface area contributed by atoms with Crippen molar-refractivity contribution in [2.24, 2.45) is 0 Å². The molecule has 0 atom stereocenters. The quantitative estimate of drug-likeness (QED) is 0.287. The third-order valence-corrected chi connectivity index (χ3v) is 5.60. The maximum atomic E-state index is 13.3. The first kappa shape index (κ1) is 21.8. The van der Waals surface area contributed by atoms with Gasteiger partial charge in [0.05, 0.1) is 17.0 Å². The van der Waals surface area contributed by atoms with E-state index in [-0.39, 0.29) is 17.3 Å². The second kappa shape index (κ2) is 8.96. The highest BCUT2D eigenvalue weighted by Gasteiger charge is 2.33. The Kier molecular flexibility index (Phi) is 6.09. The van der Waals surface area contributed by atoms with Gasteiger partial charge in [0.25, 0.3) is 0 Å². The summed E-state index contributed by atoms with van der Waals surface area (Å²) in [5.74, 6) is -1.11. The molecule has 0 aliphatic heterocycles. The Hall–Kier alpha value is -3.46. The Morgan fingerprint density at radius 2 is 1.53 bits per heavy atom. The molecule has 0 saturated carbocycles. The van der Waals surface area contributed by atoms with Crippen LogP contribution in [-0.2, 0) is 11.0 Å². The van der Waals surface area contributed by atoms with E-state index >= 15 is 0 Å². The lowest BCUT2D eigenvalue weighted by molar-refractivity contribution is -0.137. The van der Waals surface area contributed by atoms with Gasteiger partial charge in [-0.3, -0.25) is 4.79 Å². The first-order chi connectivity index (χ1) is 15.3. The summed E-state index contributed by atoms with van der Waals surface area (Å²) in [7, 11) is 0. The zero-order valence-corrected chi connectivity index (χ0v) is 17.2. The Labute approximate surface area is 184 Å². The predicted molar refractivity (Wildman–Crippen MR) is 116 cm³/mol. The number of alkyl halides is 3. The van der Waals surface area contributed by atoms with Gasteiger partial charge in [-0.15, -0.1) is 10.2 Å². The molecule has 32 heavy (non-hydrogen) atoms. The molecule has 9 heteroatoms. The molecule has 162 valence electrons. The number of carbonyl (C=O) groups is 1. The summed E-state index contributed by atoms with van der Waals surface area (Å²) >= 11 is 1.07. The zero-order chi connectivity index (χ0) is 22.7. The van der Waals surface area contributed by atoms with Crippen molar-refractivity contribution in [2.45, 2.75) is 11.2 Å². The van der Waals surface area contributed by atoms with Crippen molar-refractivity contribution in [1.29, 1.82) is 0 Å². The SMILES string of the molecule is O=C(CSc1nnc(-c2ccc(F)cc2)c2ccccc12)Nc1ccccc1C(F)(F)F. The molecule has 0 saturated heterocycles. The van der Waals surface area contributed by atoms with Crippen molar-refractivity contribution in [2.75, 3.05) is 11.1 Å². The van der Waals surface area contributed by atoms with Crippen LogP contribution >= 0.6 is 11.8 Å². The third-order valence-electron chi connectivity index (χ3n) is 4.62. The van der Waals surface area contributed by atoms with Crippen molar-refractivity contribution < 1.29 is 22.4 Å². The van der Waals surface area contributed by atoms with Crippen molar-refractivity contribution in [1.82, 2.24) is 10.2 Å². The van der Waals surface area contributed by atoms with E-state index in [0.29, 0.717) is 16.3 Å². The van der Waals surface area contributed by atoms with Crippen LogP contribution in [0.15, 0.2) is 77.8 Å². The molecule has 0 unspecified atom stereocenters. The number of benzene rings is 3. The standard InChI is InChI=1S/C23H15F4N3OS/c24-15-11-9-14(10-12-15)21-16-5-1-2-6-17(16)22(30-29-21)32-13-20(31)28-19-8-4-3-7-18(19)23(25,26)27/h1-12H,13H2,(H,28,31). The van der Waals surface area contributed by atoms with E-state index in [2.05, 4.69) is 15.5 Å². The molecule has 0 fully saturated rings. The van der Waals surface area contributed by atoms with Crippen molar-refractivity contribution in [3.8, 4) is 11.3 Å². The van der Waals surface area contributed by atoms with Gasteiger partial charge in [-0.05, 0) is 36.4 Å². The van der Waals surface area contributed by atoms with E-state index < -0.39 is 17.6 Å². The molecule has 0 bridgehead atoms. The number of para-hydroxylation sites is 1. The van der Waals surface area contributed by atoms with Crippen LogP contribution in [0.5, 0.6) is 0 Å². The molecule has 0 radical (unpaired) electrons. The van der Waals surface area contributed by atoms with Crippen molar-refractivity contribution in [3.05, 3.63) is 84.2 Å². The Morgan fingerprint density at radius 1 is 0.875 bits per heavy atom. The minimum atomic E-state index is -4.57. The lowest BCUT2D eigenvalue weighted by Crippen LogP contribution is -2.18. The molecule has 1 N–H and O–H groups in total. The number of aromatic nitrogens is 2. The highest BCUT2D eigenvalue weighted by molar-refractivity contribution is 8.00. The van der Waals surface area contributed by atoms with E-state index in [0.717, 1.165) is 28.6 Å². The molecule has 1 heterocycles. The van der Waals surface area contributed by atoms with Gasteiger partial charge in [0, 0.05) is 16.3 Å². The highest BCUT2D eigenvalue weighted by Crippen LogP contribution is 2.35. The third kappa shape index (κ3) is 4.72. The Balaban J connectivity index is 1.55. The maximum absolute atomic E-state index is 13.3. The van der Waals surface area contributed by atoms with Crippen LogP contribution in [0.1, 0.15) is 5.56 Å². The van der Waals surface area contributed by atoms with Crippen molar-refractivity contribution >= 4 is 34.1 Å². The van der Waals surface area contributed by atoms with Crippen LogP contribution in [0.2, 0.25) is 0 Å². The molecule has 4 rings (SSSR count). The molecule has 0 aliphatic rings. The fourth-order valence-electron chi connectivity index (χ4n) is 3.17. The smallest absolute Gasteiger partial charge is 0.325 e. The topological polar surface area (TPSA) is 54.9 Å². The summed E-state index contributed by atoms with van der Waals surface area (Å²) in [4.78, 5) is 12.3. The van der Waals surface area contributed by atoms with Crippen molar-refractivity contribution in [3.63, 3.8) is 0 Å². The number of halogens is 4.